The smallest absolute Gasteiger partial charge is 0.339 e. The van der Waals surface area contributed by atoms with Crippen molar-refractivity contribution in [3.63, 3.8) is 0 Å². The summed E-state index contributed by atoms with van der Waals surface area (Å²) in [6, 6.07) is 12.3. The molecule has 0 bridgehead atoms. The van der Waals surface area contributed by atoms with Gasteiger partial charge in [0.1, 0.15) is 17.8 Å². The van der Waals surface area contributed by atoms with Crippen LogP contribution in [0.4, 0.5) is 17.2 Å². The van der Waals surface area contributed by atoms with Crippen LogP contribution < -0.4 is 10.6 Å². The lowest BCUT2D eigenvalue weighted by molar-refractivity contribution is 0.0602. The van der Waals surface area contributed by atoms with Crippen molar-refractivity contribution in [1.29, 1.82) is 0 Å². The SMILES string of the molecule is COC(=O)c1ccccc1NC(=O)c1cc(Nc2c(C)cc(C)cc2C)ncn1. The van der Waals surface area contributed by atoms with Crippen molar-refractivity contribution in [1.82, 2.24) is 9.97 Å². The molecule has 0 aliphatic rings. The van der Waals surface area contributed by atoms with Gasteiger partial charge >= 0.3 is 5.97 Å². The van der Waals surface area contributed by atoms with Gasteiger partial charge in [0.25, 0.3) is 5.91 Å². The lowest BCUT2D eigenvalue weighted by Gasteiger charge is -2.14. The number of ether oxygens (including phenoxy) is 1. The number of methoxy groups -OCH3 is 1. The minimum Gasteiger partial charge on any atom is -0.465 e. The molecule has 148 valence electrons. The van der Waals surface area contributed by atoms with Crippen molar-refractivity contribution >= 4 is 29.1 Å². The molecule has 0 saturated carbocycles. The van der Waals surface area contributed by atoms with Gasteiger partial charge in [0, 0.05) is 11.8 Å². The number of anilines is 3. The first kappa shape index (κ1) is 20.0. The summed E-state index contributed by atoms with van der Waals surface area (Å²) >= 11 is 0. The summed E-state index contributed by atoms with van der Waals surface area (Å²) in [6.07, 6.45) is 1.32. The monoisotopic (exact) mass is 390 g/mol. The maximum Gasteiger partial charge on any atom is 0.339 e. The van der Waals surface area contributed by atoms with Gasteiger partial charge in [-0.25, -0.2) is 14.8 Å². The first-order valence-corrected chi connectivity index (χ1v) is 9.04. The molecule has 0 saturated heterocycles. The van der Waals surface area contributed by atoms with E-state index in [9.17, 15) is 9.59 Å². The topological polar surface area (TPSA) is 93.2 Å². The van der Waals surface area contributed by atoms with Crippen LogP contribution in [0.3, 0.4) is 0 Å². The number of benzene rings is 2. The Kier molecular flexibility index (Phi) is 5.87. The number of amides is 1. The normalized spacial score (nSPS) is 10.3. The van der Waals surface area contributed by atoms with Crippen LogP contribution in [0.15, 0.2) is 48.8 Å². The number of aryl methyl sites for hydroxylation is 3. The molecule has 1 heterocycles. The third-order valence-corrected chi connectivity index (χ3v) is 4.41. The number of aromatic nitrogens is 2. The zero-order chi connectivity index (χ0) is 21.0. The summed E-state index contributed by atoms with van der Waals surface area (Å²) in [5.41, 5.74) is 5.07. The summed E-state index contributed by atoms with van der Waals surface area (Å²) < 4.78 is 4.75. The molecular formula is C22H22N4O3. The van der Waals surface area contributed by atoms with Crippen molar-refractivity contribution in [2.75, 3.05) is 17.7 Å². The fourth-order valence-electron chi connectivity index (χ4n) is 3.12. The fraction of sp³-hybridized carbons (Fsp3) is 0.182. The maximum absolute atomic E-state index is 12.7. The number of esters is 1. The molecule has 0 aliphatic heterocycles. The van der Waals surface area contributed by atoms with Gasteiger partial charge in [-0.15, -0.1) is 0 Å². The highest BCUT2D eigenvalue weighted by Crippen LogP contribution is 2.25. The van der Waals surface area contributed by atoms with Crippen molar-refractivity contribution in [3.05, 3.63) is 76.7 Å². The Balaban J connectivity index is 1.84. The summed E-state index contributed by atoms with van der Waals surface area (Å²) in [4.78, 5) is 32.8. The molecule has 2 N–H and O–H groups in total. The number of hydrogen-bond acceptors (Lipinski definition) is 6. The second-order valence-electron chi connectivity index (χ2n) is 6.68. The van der Waals surface area contributed by atoms with Gasteiger partial charge in [0.15, 0.2) is 0 Å². The zero-order valence-corrected chi connectivity index (χ0v) is 16.7. The number of nitrogens with one attached hydrogen (secondary N) is 2. The number of nitrogens with zero attached hydrogens (tertiary/aromatic N) is 2. The predicted octanol–water partition coefficient (Wildman–Crippen LogP) is 4.18. The van der Waals surface area contributed by atoms with Crippen LogP contribution in [-0.4, -0.2) is 29.0 Å². The fourth-order valence-corrected chi connectivity index (χ4v) is 3.12. The molecule has 0 radical (unpaired) electrons. The standard InChI is InChI=1S/C22H22N4O3/c1-13-9-14(2)20(15(3)10-13)26-19-11-18(23-12-24-19)21(27)25-17-8-6-5-7-16(17)22(28)29-4/h5-12H,1-4H3,(H,25,27)(H,23,24,26). The molecule has 2 aromatic carbocycles. The molecule has 0 fully saturated rings. The van der Waals surface area contributed by atoms with Crippen LogP contribution in [0.2, 0.25) is 0 Å². The van der Waals surface area contributed by atoms with E-state index in [1.807, 2.05) is 20.8 Å². The number of rotatable bonds is 5. The van der Waals surface area contributed by atoms with Crippen LogP contribution in [0, 0.1) is 20.8 Å². The van der Waals surface area contributed by atoms with Crippen LogP contribution in [0.5, 0.6) is 0 Å². The Bertz CT molecular complexity index is 1060. The van der Waals surface area contributed by atoms with Crippen molar-refractivity contribution in [2.45, 2.75) is 20.8 Å². The van der Waals surface area contributed by atoms with Gasteiger partial charge in [0.05, 0.1) is 18.4 Å². The third kappa shape index (κ3) is 4.57. The second-order valence-corrected chi connectivity index (χ2v) is 6.68. The Morgan fingerprint density at radius 1 is 0.966 bits per heavy atom. The first-order chi connectivity index (χ1) is 13.9. The number of carbonyl (C=O) groups is 2. The predicted molar refractivity (Wildman–Crippen MR) is 112 cm³/mol. The molecule has 1 amide bonds. The van der Waals surface area contributed by atoms with Crippen LogP contribution in [0.1, 0.15) is 37.5 Å². The molecule has 7 heteroatoms. The molecule has 0 spiro atoms. The molecule has 0 atom stereocenters. The number of hydrogen-bond donors (Lipinski definition) is 2. The highest BCUT2D eigenvalue weighted by molar-refractivity contribution is 6.07. The minimum atomic E-state index is -0.531. The van der Waals surface area contributed by atoms with E-state index in [0.29, 0.717) is 11.5 Å². The number of carbonyl (C=O) groups excluding carboxylic acids is 2. The highest BCUT2D eigenvalue weighted by Gasteiger charge is 2.16. The maximum atomic E-state index is 12.7. The average Bonchev–Trinajstić information content (AvgIpc) is 2.70. The highest BCUT2D eigenvalue weighted by atomic mass is 16.5. The van der Waals surface area contributed by atoms with Gasteiger partial charge in [-0.1, -0.05) is 29.8 Å². The summed E-state index contributed by atoms with van der Waals surface area (Å²) in [7, 11) is 1.29. The quantitative estimate of drug-likeness (QED) is 0.635. The van der Waals surface area contributed by atoms with E-state index in [1.54, 1.807) is 30.3 Å². The van der Waals surface area contributed by atoms with Crippen LogP contribution in [-0.2, 0) is 4.74 Å². The molecule has 29 heavy (non-hydrogen) atoms. The summed E-state index contributed by atoms with van der Waals surface area (Å²) in [5, 5.41) is 5.97. The van der Waals surface area contributed by atoms with E-state index in [4.69, 9.17) is 4.74 Å². The van der Waals surface area contributed by atoms with Crippen LogP contribution in [0.25, 0.3) is 0 Å². The van der Waals surface area contributed by atoms with Gasteiger partial charge in [-0.3, -0.25) is 4.79 Å². The van der Waals surface area contributed by atoms with Gasteiger partial charge in [0.2, 0.25) is 0 Å². The summed E-state index contributed by atoms with van der Waals surface area (Å²) in [5.74, 6) is -0.484. The van der Waals surface area contributed by atoms with Gasteiger partial charge in [-0.2, -0.15) is 0 Å². The molecule has 0 aliphatic carbocycles. The summed E-state index contributed by atoms with van der Waals surface area (Å²) in [6.45, 7) is 6.07. The molecule has 3 rings (SSSR count). The largest absolute Gasteiger partial charge is 0.465 e. The van der Waals surface area contributed by atoms with E-state index in [-0.39, 0.29) is 11.3 Å². The van der Waals surface area contributed by atoms with Crippen molar-refractivity contribution in [2.24, 2.45) is 0 Å². The number of para-hydroxylation sites is 1. The Morgan fingerprint density at radius 3 is 2.34 bits per heavy atom. The zero-order valence-electron chi connectivity index (χ0n) is 16.7. The average molecular weight is 390 g/mol. The lowest BCUT2D eigenvalue weighted by Crippen LogP contribution is -2.17. The third-order valence-electron chi connectivity index (χ3n) is 4.41. The Morgan fingerprint density at radius 2 is 1.66 bits per heavy atom. The van der Waals surface area contributed by atoms with E-state index in [2.05, 4.69) is 32.7 Å². The van der Waals surface area contributed by atoms with Crippen LogP contribution >= 0.6 is 0 Å². The lowest BCUT2D eigenvalue weighted by atomic mass is 10.1. The van der Waals surface area contributed by atoms with E-state index >= 15 is 0 Å². The molecular weight excluding hydrogens is 368 g/mol. The van der Waals surface area contributed by atoms with Crippen molar-refractivity contribution in [3.8, 4) is 0 Å². The minimum absolute atomic E-state index is 0.171. The van der Waals surface area contributed by atoms with E-state index < -0.39 is 11.9 Å². The first-order valence-electron chi connectivity index (χ1n) is 9.04. The Labute approximate surface area is 169 Å². The van der Waals surface area contributed by atoms with E-state index in [1.165, 1.54) is 19.0 Å². The molecule has 7 nitrogen and oxygen atoms in total. The van der Waals surface area contributed by atoms with E-state index in [0.717, 1.165) is 16.8 Å². The second kappa shape index (κ2) is 8.52. The molecule has 1 aromatic heterocycles. The Hall–Kier alpha value is -3.74. The molecule has 3 aromatic rings. The van der Waals surface area contributed by atoms with Gasteiger partial charge < -0.3 is 15.4 Å². The molecule has 0 unspecified atom stereocenters. The van der Waals surface area contributed by atoms with Crippen molar-refractivity contribution < 1.29 is 14.3 Å². The van der Waals surface area contributed by atoms with Gasteiger partial charge in [-0.05, 0) is 44.0 Å².